The van der Waals surface area contributed by atoms with Crippen LogP contribution in [-0.2, 0) is 0 Å². The van der Waals surface area contributed by atoms with Gasteiger partial charge in [-0.1, -0.05) is 5.16 Å². The van der Waals surface area contributed by atoms with Crippen molar-refractivity contribution in [3.8, 4) is 22.8 Å². The van der Waals surface area contributed by atoms with E-state index in [-0.39, 0.29) is 12.4 Å². The van der Waals surface area contributed by atoms with Crippen LogP contribution in [-0.4, -0.2) is 54.5 Å². The highest BCUT2D eigenvalue weighted by molar-refractivity contribution is 7.16. The number of benzene rings is 2. The third-order valence-electron chi connectivity index (χ3n) is 5.26. The summed E-state index contributed by atoms with van der Waals surface area (Å²) in [5.74, 6) is 1.68. The number of anilines is 1. The average molecular weight is 485 g/mol. The van der Waals surface area contributed by atoms with Crippen molar-refractivity contribution in [2.75, 3.05) is 38.3 Å². The van der Waals surface area contributed by atoms with Crippen molar-refractivity contribution in [1.82, 2.24) is 4.98 Å². The molecule has 0 atom stereocenters. The van der Waals surface area contributed by atoms with Crippen LogP contribution in [0, 0.1) is 6.92 Å². The molecule has 182 valence electrons. The van der Waals surface area contributed by atoms with Gasteiger partial charge >= 0.3 is 0 Å². The van der Waals surface area contributed by atoms with E-state index >= 15 is 0 Å². The maximum atomic E-state index is 9.13. The van der Waals surface area contributed by atoms with Gasteiger partial charge in [0.25, 0.3) is 0 Å². The predicted molar refractivity (Wildman–Crippen MR) is 136 cm³/mol. The van der Waals surface area contributed by atoms with Crippen LogP contribution < -0.4 is 20.1 Å². The van der Waals surface area contributed by atoms with Crippen molar-refractivity contribution < 1.29 is 19.8 Å². The number of aliphatic hydroxyl groups is 1. The van der Waals surface area contributed by atoms with Crippen LogP contribution in [0.3, 0.4) is 0 Å². The zero-order valence-corrected chi connectivity index (χ0v) is 20.4. The number of unbranched alkanes of at least 4 members (excludes halogenated alkanes) is 2. The first-order valence-corrected chi connectivity index (χ1v) is 12.1. The summed E-state index contributed by atoms with van der Waals surface area (Å²) < 4.78 is 11.6. The Bertz CT molecular complexity index is 1050. The van der Waals surface area contributed by atoms with Gasteiger partial charge in [-0.3, -0.25) is 0 Å². The van der Waals surface area contributed by atoms with Crippen molar-refractivity contribution in [2.45, 2.75) is 26.2 Å². The zero-order valence-electron chi connectivity index (χ0n) is 19.6. The normalized spacial score (nSPS) is 11.4. The Morgan fingerprint density at radius 1 is 1.00 bits per heavy atom. The third kappa shape index (κ3) is 7.10. The molecule has 0 spiro atoms. The number of aryl methyl sites for hydroxylation is 1. The fraction of sp³-hybridized carbons (Fsp3) is 0.360. The largest absolute Gasteiger partial charge is 0.494 e. The van der Waals surface area contributed by atoms with E-state index in [0.717, 1.165) is 52.0 Å². The van der Waals surface area contributed by atoms with E-state index in [1.807, 2.05) is 36.2 Å². The number of hydrogen-bond acceptors (Lipinski definition) is 8. The Labute approximate surface area is 204 Å². The molecule has 0 bridgehead atoms. The molecule has 9 heteroatoms. The standard InChI is InChI=1S/C25H32N4O4S/c1-18-23(27-25(34-18)29(2)14-15-30)19-6-10-21(11-7-19)32-16-4-3-5-17-33-22-12-8-20(9-13-22)24(26)28-31/h6-13,30-31H,3-5,14-17H2,1-2H3,(H2,26,28). The van der Waals surface area contributed by atoms with E-state index in [1.54, 1.807) is 35.6 Å². The van der Waals surface area contributed by atoms with E-state index in [9.17, 15) is 0 Å². The Hall–Kier alpha value is -3.30. The molecular weight excluding hydrogens is 452 g/mol. The monoisotopic (exact) mass is 484 g/mol. The highest BCUT2D eigenvalue weighted by atomic mass is 32.1. The number of aromatic nitrogens is 1. The van der Waals surface area contributed by atoms with Gasteiger partial charge in [0.15, 0.2) is 11.0 Å². The molecule has 0 amide bonds. The van der Waals surface area contributed by atoms with Crippen LogP contribution in [0.1, 0.15) is 29.7 Å². The Balaban J connectivity index is 1.36. The number of oxime groups is 1. The summed E-state index contributed by atoms with van der Waals surface area (Å²) >= 11 is 1.63. The maximum Gasteiger partial charge on any atom is 0.185 e. The zero-order chi connectivity index (χ0) is 24.3. The third-order valence-corrected chi connectivity index (χ3v) is 6.34. The first kappa shape index (κ1) is 25.3. The van der Waals surface area contributed by atoms with Crippen molar-refractivity contribution in [2.24, 2.45) is 10.9 Å². The van der Waals surface area contributed by atoms with Crippen LogP contribution in [0.5, 0.6) is 11.5 Å². The number of rotatable bonds is 13. The molecule has 3 rings (SSSR count). The minimum Gasteiger partial charge on any atom is -0.494 e. The van der Waals surface area contributed by atoms with Gasteiger partial charge in [0.2, 0.25) is 0 Å². The van der Waals surface area contributed by atoms with Crippen molar-refractivity contribution >= 4 is 22.3 Å². The molecule has 1 aromatic heterocycles. The van der Waals surface area contributed by atoms with Gasteiger partial charge in [0.05, 0.1) is 25.5 Å². The molecule has 0 unspecified atom stereocenters. The molecule has 1 heterocycles. The molecule has 0 saturated heterocycles. The van der Waals surface area contributed by atoms with Crippen LogP contribution >= 0.6 is 11.3 Å². The predicted octanol–water partition coefficient (Wildman–Crippen LogP) is 4.27. The van der Waals surface area contributed by atoms with Crippen molar-refractivity contribution in [3.63, 3.8) is 0 Å². The van der Waals surface area contributed by atoms with Gasteiger partial charge in [-0.15, -0.1) is 11.3 Å². The van der Waals surface area contributed by atoms with E-state index in [2.05, 4.69) is 12.1 Å². The summed E-state index contributed by atoms with van der Waals surface area (Å²) in [5.41, 5.74) is 8.23. The van der Waals surface area contributed by atoms with Crippen LogP contribution in [0.25, 0.3) is 11.3 Å². The Kier molecular flexibility index (Phi) is 9.54. The van der Waals surface area contributed by atoms with Gasteiger partial charge in [-0.25, -0.2) is 4.98 Å². The maximum absolute atomic E-state index is 9.13. The summed E-state index contributed by atoms with van der Waals surface area (Å²) in [6.45, 7) is 4.01. The number of ether oxygens (including phenoxy) is 2. The van der Waals surface area contributed by atoms with Crippen molar-refractivity contribution in [3.05, 3.63) is 59.0 Å². The second-order valence-electron chi connectivity index (χ2n) is 7.84. The Morgan fingerprint density at radius 3 is 2.15 bits per heavy atom. The highest BCUT2D eigenvalue weighted by Gasteiger charge is 2.12. The lowest BCUT2D eigenvalue weighted by Gasteiger charge is -2.13. The summed E-state index contributed by atoms with van der Waals surface area (Å²) in [5, 5.41) is 21.7. The molecule has 0 radical (unpaired) electrons. The smallest absolute Gasteiger partial charge is 0.185 e. The van der Waals surface area contributed by atoms with E-state index in [0.29, 0.717) is 25.3 Å². The quantitative estimate of drug-likeness (QED) is 0.109. The molecule has 2 aromatic carbocycles. The van der Waals surface area contributed by atoms with Gasteiger partial charge in [-0.05, 0) is 74.7 Å². The summed E-state index contributed by atoms with van der Waals surface area (Å²) in [6, 6.07) is 15.2. The number of aliphatic hydroxyl groups excluding tert-OH is 1. The number of hydrogen-bond donors (Lipinski definition) is 3. The molecule has 0 saturated carbocycles. The molecule has 3 aromatic rings. The molecule has 0 aliphatic heterocycles. The lowest BCUT2D eigenvalue weighted by Crippen LogP contribution is -2.20. The van der Waals surface area contributed by atoms with Gasteiger partial charge in [-0.2, -0.15) is 0 Å². The first-order chi connectivity index (χ1) is 16.5. The molecule has 8 nitrogen and oxygen atoms in total. The topological polar surface area (TPSA) is 113 Å². The van der Waals surface area contributed by atoms with Crippen LogP contribution in [0.2, 0.25) is 0 Å². The SMILES string of the molecule is Cc1sc(N(C)CCO)nc1-c1ccc(OCCCCCOc2ccc(C(N)=NO)cc2)cc1. The molecule has 0 aliphatic rings. The summed E-state index contributed by atoms with van der Waals surface area (Å²) in [6.07, 6.45) is 2.88. The lowest BCUT2D eigenvalue weighted by molar-refractivity contribution is 0.279. The number of likely N-dealkylation sites (N-methyl/N-ethyl adjacent to an activating group) is 1. The van der Waals surface area contributed by atoms with Gasteiger partial charge in [0.1, 0.15) is 11.5 Å². The summed E-state index contributed by atoms with van der Waals surface area (Å²) in [7, 11) is 1.94. The average Bonchev–Trinajstić information content (AvgIpc) is 3.25. The van der Waals surface area contributed by atoms with E-state index in [4.69, 9.17) is 30.5 Å². The van der Waals surface area contributed by atoms with E-state index in [1.165, 1.54) is 0 Å². The summed E-state index contributed by atoms with van der Waals surface area (Å²) in [4.78, 5) is 7.84. The van der Waals surface area contributed by atoms with Crippen LogP contribution in [0.15, 0.2) is 53.7 Å². The minimum atomic E-state index is 0.0793. The number of nitrogens with two attached hydrogens (primary N) is 1. The second-order valence-corrected chi connectivity index (χ2v) is 9.02. The minimum absolute atomic E-state index is 0.0793. The number of amidine groups is 1. The first-order valence-electron chi connectivity index (χ1n) is 11.2. The fourth-order valence-electron chi connectivity index (χ4n) is 3.31. The molecule has 4 N–H and O–H groups in total. The molecular formula is C25H32N4O4S. The molecule has 0 fully saturated rings. The lowest BCUT2D eigenvalue weighted by atomic mass is 10.1. The highest BCUT2D eigenvalue weighted by Crippen LogP contribution is 2.32. The van der Waals surface area contributed by atoms with Gasteiger partial charge < -0.3 is 30.4 Å². The van der Waals surface area contributed by atoms with Crippen LogP contribution in [0.4, 0.5) is 5.13 Å². The van der Waals surface area contributed by atoms with E-state index < -0.39 is 0 Å². The fourth-order valence-corrected chi connectivity index (χ4v) is 4.23. The van der Waals surface area contributed by atoms with Crippen molar-refractivity contribution in [1.29, 1.82) is 0 Å². The molecule has 0 aliphatic carbocycles. The number of thiazole rings is 1. The Morgan fingerprint density at radius 2 is 1.59 bits per heavy atom. The second kappa shape index (κ2) is 12.8. The molecule has 34 heavy (non-hydrogen) atoms. The van der Waals surface area contributed by atoms with Gasteiger partial charge in [0, 0.05) is 29.6 Å². The number of nitrogens with zero attached hydrogens (tertiary/aromatic N) is 3.